The zero-order valence-corrected chi connectivity index (χ0v) is 16.9. The molecule has 0 bridgehead atoms. The summed E-state index contributed by atoms with van der Waals surface area (Å²) in [5.74, 6) is -0.144. The summed E-state index contributed by atoms with van der Waals surface area (Å²) >= 11 is 1.58. The van der Waals surface area contributed by atoms with Gasteiger partial charge in [-0.1, -0.05) is 45.0 Å². The number of alkyl halides is 1. The predicted molar refractivity (Wildman–Crippen MR) is 105 cm³/mol. The van der Waals surface area contributed by atoms with E-state index >= 15 is 0 Å². The van der Waals surface area contributed by atoms with E-state index in [-0.39, 0.29) is 16.6 Å². The fourth-order valence-corrected chi connectivity index (χ4v) is 3.84. The second-order valence-electron chi connectivity index (χ2n) is 8.57. The minimum atomic E-state index is -0.657. The Morgan fingerprint density at radius 2 is 1.72 bits per heavy atom. The molecule has 1 heterocycles. The van der Waals surface area contributed by atoms with Crippen molar-refractivity contribution in [3.63, 3.8) is 0 Å². The van der Waals surface area contributed by atoms with Crippen molar-refractivity contribution >= 4 is 23.9 Å². The zero-order valence-electron chi connectivity index (χ0n) is 16.0. The van der Waals surface area contributed by atoms with Crippen molar-refractivity contribution in [2.24, 2.45) is 11.0 Å². The lowest BCUT2D eigenvalue weighted by Gasteiger charge is -2.37. The largest absolute Gasteiger partial charge is 0.272 e. The molecule has 0 spiro atoms. The smallest absolute Gasteiger partial charge is 0.250 e. The van der Waals surface area contributed by atoms with Gasteiger partial charge in [-0.2, -0.15) is 5.10 Å². The molecule has 0 aromatic heterocycles. The van der Waals surface area contributed by atoms with Crippen LogP contribution in [0.2, 0.25) is 0 Å². The molecule has 1 aliphatic heterocycles. The van der Waals surface area contributed by atoms with Crippen molar-refractivity contribution in [1.82, 2.24) is 5.01 Å². The van der Waals surface area contributed by atoms with Gasteiger partial charge >= 0.3 is 0 Å². The molecule has 0 saturated carbocycles. The number of hydrazone groups is 1. The number of carbonyl (C=O) groups excluding carboxylic acids is 1. The Hall–Kier alpha value is -1.36. The quantitative estimate of drug-likeness (QED) is 0.769. The highest BCUT2D eigenvalue weighted by Gasteiger charge is 2.39. The van der Waals surface area contributed by atoms with Crippen molar-refractivity contribution in [3.05, 3.63) is 35.4 Å². The molecular formula is C20H29FN2OS. The third-order valence-corrected chi connectivity index (χ3v) is 5.65. The van der Waals surface area contributed by atoms with Crippen LogP contribution < -0.4 is 0 Å². The van der Waals surface area contributed by atoms with Gasteiger partial charge in [-0.15, -0.1) is 11.8 Å². The minimum absolute atomic E-state index is 0.129. The van der Waals surface area contributed by atoms with Gasteiger partial charge in [0.05, 0.1) is 16.7 Å². The van der Waals surface area contributed by atoms with E-state index in [1.165, 1.54) is 16.1 Å². The fourth-order valence-electron chi connectivity index (χ4n) is 2.70. The second kappa shape index (κ2) is 7.48. The lowest BCUT2D eigenvalue weighted by Crippen LogP contribution is -2.51. The minimum Gasteiger partial charge on any atom is -0.272 e. The van der Waals surface area contributed by atoms with Gasteiger partial charge < -0.3 is 0 Å². The summed E-state index contributed by atoms with van der Waals surface area (Å²) in [5.41, 5.74) is 2.16. The molecule has 0 saturated heterocycles. The molecule has 2 unspecified atom stereocenters. The van der Waals surface area contributed by atoms with Crippen LogP contribution >= 0.6 is 11.8 Å². The molecule has 2 rings (SSSR count). The van der Waals surface area contributed by atoms with Gasteiger partial charge in [0.25, 0.3) is 0 Å². The van der Waals surface area contributed by atoms with E-state index in [2.05, 4.69) is 50.1 Å². The number of halogens is 1. The summed E-state index contributed by atoms with van der Waals surface area (Å²) in [6, 6.07) is 8.51. The summed E-state index contributed by atoms with van der Waals surface area (Å²) in [5, 5.41) is 5.48. The van der Waals surface area contributed by atoms with E-state index < -0.39 is 18.1 Å². The number of thioether (sulfide) groups is 1. The van der Waals surface area contributed by atoms with Crippen LogP contribution in [-0.4, -0.2) is 34.6 Å². The van der Waals surface area contributed by atoms with Gasteiger partial charge in [-0.05, 0) is 37.3 Å². The highest BCUT2D eigenvalue weighted by Crippen LogP contribution is 2.31. The monoisotopic (exact) mass is 364 g/mol. The molecule has 0 radical (unpaired) electrons. The molecule has 138 valence electrons. The first-order chi connectivity index (χ1) is 11.5. The number of hydrogen-bond donors (Lipinski definition) is 0. The summed E-state index contributed by atoms with van der Waals surface area (Å²) in [7, 11) is 0. The van der Waals surface area contributed by atoms with Crippen LogP contribution in [0.25, 0.3) is 0 Å². The van der Waals surface area contributed by atoms with E-state index in [9.17, 15) is 9.18 Å². The number of rotatable bonds is 4. The first-order valence-corrected chi connectivity index (χ1v) is 9.74. The summed E-state index contributed by atoms with van der Waals surface area (Å²) in [4.78, 5) is 12.5. The van der Waals surface area contributed by atoms with E-state index in [1.54, 1.807) is 18.0 Å². The van der Waals surface area contributed by atoms with Crippen molar-refractivity contribution < 1.29 is 9.18 Å². The molecule has 1 amide bonds. The number of amides is 1. The predicted octanol–water partition coefficient (Wildman–Crippen LogP) is 4.80. The van der Waals surface area contributed by atoms with Crippen LogP contribution in [0.4, 0.5) is 4.39 Å². The Kier molecular flexibility index (Phi) is 5.97. The lowest BCUT2D eigenvalue weighted by atomic mass is 9.87. The van der Waals surface area contributed by atoms with Crippen LogP contribution in [-0.2, 0) is 16.0 Å². The second-order valence-corrected chi connectivity index (χ2v) is 9.74. The first-order valence-electron chi connectivity index (χ1n) is 8.69. The molecule has 25 heavy (non-hydrogen) atoms. The van der Waals surface area contributed by atoms with Crippen molar-refractivity contribution in [3.8, 4) is 0 Å². The van der Waals surface area contributed by atoms with Gasteiger partial charge in [-0.3, -0.25) is 9.18 Å². The highest BCUT2D eigenvalue weighted by molar-refractivity contribution is 7.99. The lowest BCUT2D eigenvalue weighted by molar-refractivity contribution is -0.141. The van der Waals surface area contributed by atoms with Crippen LogP contribution in [0.15, 0.2) is 29.4 Å². The summed E-state index contributed by atoms with van der Waals surface area (Å²) in [6.45, 7) is 11.6. The molecular weight excluding hydrogens is 335 g/mol. The molecule has 1 aromatic rings. The van der Waals surface area contributed by atoms with E-state index in [0.29, 0.717) is 0 Å². The maximum atomic E-state index is 13.5. The number of carbonyl (C=O) groups is 1. The normalized spacial score (nSPS) is 21.7. The first kappa shape index (κ1) is 20.0. The van der Waals surface area contributed by atoms with Crippen LogP contribution in [0, 0.1) is 5.92 Å². The number of nitrogens with zero attached hydrogens (tertiary/aromatic N) is 2. The molecule has 0 fully saturated rings. The van der Waals surface area contributed by atoms with Crippen molar-refractivity contribution in [2.75, 3.05) is 6.67 Å². The Bertz CT molecular complexity index is 629. The molecule has 1 aliphatic rings. The van der Waals surface area contributed by atoms with Crippen molar-refractivity contribution in [1.29, 1.82) is 0 Å². The molecule has 1 aromatic carbocycles. The maximum Gasteiger partial charge on any atom is 0.250 e. The van der Waals surface area contributed by atoms with Gasteiger partial charge in [0.2, 0.25) is 5.91 Å². The summed E-state index contributed by atoms with van der Waals surface area (Å²) < 4.78 is 13.5. The number of hydrogen-bond acceptors (Lipinski definition) is 3. The Balaban J connectivity index is 2.06. The molecule has 2 atom stereocenters. The van der Waals surface area contributed by atoms with Crippen LogP contribution in [0.3, 0.4) is 0 Å². The summed E-state index contributed by atoms with van der Waals surface area (Å²) in [6.07, 6.45) is 1.73. The fraction of sp³-hybridized carbons (Fsp3) is 0.600. The standard InChI is InChI=1S/C20H29FN2OS/c1-19(2,3)15-9-7-14(8-10-15)13-25-17-12-22-23(20(4,5)6)18(24)16(17)11-21/h7-10,12,16-17H,11,13H2,1-6H3. The van der Waals surface area contributed by atoms with E-state index in [0.717, 1.165) is 5.75 Å². The van der Waals surface area contributed by atoms with Gasteiger partial charge in [-0.25, -0.2) is 5.01 Å². The maximum absolute atomic E-state index is 13.5. The van der Waals surface area contributed by atoms with Gasteiger partial charge in [0.15, 0.2) is 0 Å². The third kappa shape index (κ3) is 4.84. The SMILES string of the molecule is CC(C)(C)c1ccc(CSC2C=NN(C(C)(C)C)C(=O)C2CF)cc1. The van der Waals surface area contributed by atoms with Crippen LogP contribution in [0.5, 0.6) is 0 Å². The van der Waals surface area contributed by atoms with Crippen molar-refractivity contribution in [2.45, 2.75) is 63.5 Å². The zero-order chi connectivity index (χ0) is 18.8. The Morgan fingerprint density at radius 1 is 1.12 bits per heavy atom. The highest BCUT2D eigenvalue weighted by atomic mass is 32.2. The number of benzene rings is 1. The topological polar surface area (TPSA) is 32.7 Å². The average molecular weight is 365 g/mol. The Morgan fingerprint density at radius 3 is 2.20 bits per heavy atom. The average Bonchev–Trinajstić information content (AvgIpc) is 2.51. The van der Waals surface area contributed by atoms with Crippen LogP contribution in [0.1, 0.15) is 52.7 Å². The van der Waals surface area contributed by atoms with E-state index in [4.69, 9.17) is 0 Å². The molecule has 0 N–H and O–H groups in total. The van der Waals surface area contributed by atoms with E-state index in [1.807, 2.05) is 20.8 Å². The molecule has 0 aliphatic carbocycles. The molecule has 3 nitrogen and oxygen atoms in total. The Labute approximate surface area is 155 Å². The third-order valence-electron chi connectivity index (χ3n) is 4.32. The van der Waals surface area contributed by atoms with Gasteiger partial charge in [0.1, 0.15) is 6.67 Å². The van der Waals surface area contributed by atoms with Gasteiger partial charge in [0, 0.05) is 12.0 Å². The molecule has 5 heteroatoms.